The van der Waals surface area contributed by atoms with Crippen molar-refractivity contribution in [3.8, 4) is 17.6 Å². The lowest BCUT2D eigenvalue weighted by molar-refractivity contribution is -0.164. The first-order chi connectivity index (χ1) is 18.2. The minimum atomic E-state index is -0.327. The molecule has 0 atom stereocenters. The second-order valence-corrected chi connectivity index (χ2v) is 13.1. The Balaban J connectivity index is 1.54. The number of nitriles is 1. The molecule has 6 nitrogen and oxygen atoms in total. The standard InChI is InChI=1S/C32H43ClN2O4/c1-21(2)15-17-38-30(3,4)16-18-37-24-12-9-22(10-13-24)27(36)35-28-31(5,6)29(32(28,7)8)39-25-14-11-23(20-34)26(33)19-25/h9-14,19,21,28-29H,15-18H2,1-8H3,(H,35,36). The molecule has 0 bridgehead atoms. The third kappa shape index (κ3) is 7.47. The molecule has 1 aliphatic carbocycles. The van der Waals surface area contributed by atoms with Gasteiger partial charge in [-0.25, -0.2) is 0 Å². The predicted molar refractivity (Wildman–Crippen MR) is 155 cm³/mol. The minimum absolute atomic E-state index is 0.106. The van der Waals surface area contributed by atoms with E-state index in [2.05, 4.69) is 66.8 Å². The average Bonchev–Trinajstić information content (AvgIpc) is 2.85. The van der Waals surface area contributed by atoms with Crippen molar-refractivity contribution in [2.45, 2.75) is 86.0 Å². The van der Waals surface area contributed by atoms with Crippen LogP contribution in [0.25, 0.3) is 0 Å². The number of hydrogen-bond donors (Lipinski definition) is 1. The summed E-state index contributed by atoms with van der Waals surface area (Å²) < 4.78 is 18.3. The second kappa shape index (κ2) is 12.2. The zero-order valence-corrected chi connectivity index (χ0v) is 25.3. The highest BCUT2D eigenvalue weighted by Gasteiger charge is 2.64. The van der Waals surface area contributed by atoms with Crippen LogP contribution in [0.5, 0.6) is 11.5 Å². The summed E-state index contributed by atoms with van der Waals surface area (Å²) in [5.74, 6) is 1.82. The van der Waals surface area contributed by atoms with Crippen molar-refractivity contribution in [3.05, 3.63) is 58.6 Å². The number of nitrogens with zero attached hydrogens (tertiary/aromatic N) is 1. The summed E-state index contributed by atoms with van der Waals surface area (Å²) in [6.45, 7) is 18.2. The molecule has 39 heavy (non-hydrogen) atoms. The number of rotatable bonds is 12. The van der Waals surface area contributed by atoms with Gasteiger partial charge in [-0.05, 0) is 62.6 Å². The lowest BCUT2D eigenvalue weighted by Crippen LogP contribution is -2.74. The molecule has 1 fully saturated rings. The maximum absolute atomic E-state index is 13.2. The van der Waals surface area contributed by atoms with Crippen LogP contribution in [0, 0.1) is 28.1 Å². The summed E-state index contributed by atoms with van der Waals surface area (Å²) in [6.07, 6.45) is 1.66. The fourth-order valence-electron chi connectivity index (χ4n) is 5.57. The van der Waals surface area contributed by atoms with Gasteiger partial charge in [0.2, 0.25) is 0 Å². The molecule has 0 saturated heterocycles. The smallest absolute Gasteiger partial charge is 0.251 e. The normalized spacial score (nSPS) is 19.6. The van der Waals surface area contributed by atoms with E-state index in [0.717, 1.165) is 25.2 Å². The molecule has 0 unspecified atom stereocenters. The summed E-state index contributed by atoms with van der Waals surface area (Å²) in [5.41, 5.74) is 0.0896. The van der Waals surface area contributed by atoms with Gasteiger partial charge in [0.1, 0.15) is 23.7 Å². The van der Waals surface area contributed by atoms with Crippen LogP contribution in [-0.2, 0) is 4.74 Å². The Hall–Kier alpha value is -2.75. The van der Waals surface area contributed by atoms with Gasteiger partial charge in [-0.3, -0.25) is 4.79 Å². The molecular formula is C32H43ClN2O4. The zero-order chi connectivity index (χ0) is 29.0. The van der Waals surface area contributed by atoms with Crippen molar-refractivity contribution in [1.82, 2.24) is 5.32 Å². The van der Waals surface area contributed by atoms with Gasteiger partial charge < -0.3 is 19.5 Å². The van der Waals surface area contributed by atoms with E-state index in [-0.39, 0.29) is 34.5 Å². The predicted octanol–water partition coefficient (Wildman–Crippen LogP) is 7.43. The molecule has 0 heterocycles. The van der Waals surface area contributed by atoms with Gasteiger partial charge in [0.15, 0.2) is 0 Å². The van der Waals surface area contributed by atoms with Crippen LogP contribution < -0.4 is 14.8 Å². The van der Waals surface area contributed by atoms with Gasteiger partial charge >= 0.3 is 0 Å². The fraction of sp³-hybridized carbons (Fsp3) is 0.562. The van der Waals surface area contributed by atoms with Crippen LogP contribution in [0.4, 0.5) is 0 Å². The van der Waals surface area contributed by atoms with Crippen molar-refractivity contribution in [1.29, 1.82) is 5.26 Å². The minimum Gasteiger partial charge on any atom is -0.493 e. The molecule has 2 aromatic carbocycles. The topological polar surface area (TPSA) is 80.6 Å². The number of amides is 1. The first kappa shape index (κ1) is 30.8. The van der Waals surface area contributed by atoms with Crippen molar-refractivity contribution >= 4 is 17.5 Å². The van der Waals surface area contributed by atoms with E-state index in [1.807, 2.05) is 12.1 Å². The third-order valence-corrected chi connectivity index (χ3v) is 8.02. The van der Waals surface area contributed by atoms with Gasteiger partial charge in [0.05, 0.1) is 22.8 Å². The number of carbonyl (C=O) groups is 1. The van der Waals surface area contributed by atoms with Gasteiger partial charge in [0.25, 0.3) is 5.91 Å². The monoisotopic (exact) mass is 554 g/mol. The molecule has 1 saturated carbocycles. The highest BCUT2D eigenvalue weighted by atomic mass is 35.5. The van der Waals surface area contributed by atoms with Gasteiger partial charge in [0, 0.05) is 41.5 Å². The van der Waals surface area contributed by atoms with Crippen LogP contribution in [0.2, 0.25) is 5.02 Å². The van der Waals surface area contributed by atoms with Gasteiger partial charge in [-0.1, -0.05) is 53.1 Å². The Morgan fingerprint density at radius 2 is 1.67 bits per heavy atom. The van der Waals surface area contributed by atoms with E-state index < -0.39 is 0 Å². The third-order valence-electron chi connectivity index (χ3n) is 7.71. The Morgan fingerprint density at radius 1 is 1.05 bits per heavy atom. The van der Waals surface area contributed by atoms with E-state index >= 15 is 0 Å². The highest BCUT2D eigenvalue weighted by Crippen LogP contribution is 2.55. The second-order valence-electron chi connectivity index (χ2n) is 12.7. The van der Waals surface area contributed by atoms with Crippen molar-refractivity contribution < 1.29 is 19.0 Å². The van der Waals surface area contributed by atoms with Gasteiger partial charge in [-0.15, -0.1) is 0 Å². The molecule has 0 aliphatic heterocycles. The highest BCUT2D eigenvalue weighted by molar-refractivity contribution is 6.31. The van der Waals surface area contributed by atoms with Crippen LogP contribution >= 0.6 is 11.6 Å². The molecule has 7 heteroatoms. The van der Waals surface area contributed by atoms with Crippen LogP contribution in [0.3, 0.4) is 0 Å². The molecule has 0 spiro atoms. The fourth-order valence-corrected chi connectivity index (χ4v) is 5.78. The van der Waals surface area contributed by atoms with Crippen molar-refractivity contribution in [2.24, 2.45) is 16.7 Å². The average molecular weight is 555 g/mol. The molecule has 3 rings (SSSR count). The number of halogens is 1. The van der Waals surface area contributed by atoms with Crippen molar-refractivity contribution in [3.63, 3.8) is 0 Å². The quantitative estimate of drug-likeness (QED) is 0.295. The van der Waals surface area contributed by atoms with Crippen LogP contribution in [-0.4, -0.2) is 36.9 Å². The summed E-state index contributed by atoms with van der Waals surface area (Å²) >= 11 is 6.19. The Morgan fingerprint density at radius 3 is 2.23 bits per heavy atom. The maximum atomic E-state index is 13.2. The van der Waals surface area contributed by atoms with E-state index in [4.69, 9.17) is 31.1 Å². The number of nitrogens with one attached hydrogen (secondary N) is 1. The van der Waals surface area contributed by atoms with Crippen molar-refractivity contribution in [2.75, 3.05) is 13.2 Å². The number of carbonyl (C=O) groups excluding carboxylic acids is 1. The summed E-state index contributed by atoms with van der Waals surface area (Å²) in [5, 5.41) is 12.7. The van der Waals surface area contributed by atoms with Gasteiger partial charge in [-0.2, -0.15) is 5.26 Å². The molecular weight excluding hydrogens is 512 g/mol. The van der Waals surface area contributed by atoms with E-state index in [0.29, 0.717) is 34.4 Å². The summed E-state index contributed by atoms with van der Waals surface area (Å²) in [7, 11) is 0. The summed E-state index contributed by atoms with van der Waals surface area (Å²) in [4.78, 5) is 13.2. The Kier molecular flexibility index (Phi) is 9.62. The Labute approximate surface area is 239 Å². The molecule has 1 N–H and O–H groups in total. The molecule has 0 aromatic heterocycles. The lowest BCUT2D eigenvalue weighted by atomic mass is 9.49. The zero-order valence-electron chi connectivity index (χ0n) is 24.6. The Bertz CT molecular complexity index is 1170. The molecule has 0 radical (unpaired) electrons. The number of ether oxygens (including phenoxy) is 3. The lowest BCUT2D eigenvalue weighted by Gasteiger charge is -2.63. The van der Waals surface area contributed by atoms with Crippen LogP contribution in [0.1, 0.15) is 84.2 Å². The SMILES string of the molecule is CC(C)CCOC(C)(C)CCOc1ccc(C(=O)NC2C(C)(C)C(Oc3ccc(C#N)c(Cl)c3)C2(C)C)cc1. The first-order valence-corrected chi connectivity index (χ1v) is 14.1. The number of hydrogen-bond acceptors (Lipinski definition) is 5. The van der Waals surface area contributed by atoms with E-state index in [1.54, 1.807) is 30.3 Å². The molecule has 212 valence electrons. The first-order valence-electron chi connectivity index (χ1n) is 13.7. The maximum Gasteiger partial charge on any atom is 0.251 e. The molecule has 1 aliphatic rings. The number of benzene rings is 2. The van der Waals surface area contributed by atoms with Crippen LogP contribution in [0.15, 0.2) is 42.5 Å². The molecule has 1 amide bonds. The summed E-state index contributed by atoms with van der Waals surface area (Å²) in [6, 6.07) is 14.3. The van der Waals surface area contributed by atoms with E-state index in [9.17, 15) is 4.79 Å². The molecule has 2 aromatic rings. The van der Waals surface area contributed by atoms with E-state index in [1.165, 1.54) is 0 Å². The largest absolute Gasteiger partial charge is 0.493 e.